The number of hydrogen-bond donors (Lipinski definition) is 2. The van der Waals surface area contributed by atoms with Crippen LogP contribution in [-0.2, 0) is 11.8 Å². The monoisotopic (exact) mass is 347 g/mol. The molecule has 2 aromatic rings. The first kappa shape index (κ1) is 16.0. The summed E-state index contributed by atoms with van der Waals surface area (Å²) < 4.78 is 38.0. The van der Waals surface area contributed by atoms with Crippen LogP contribution in [0.25, 0.3) is 0 Å². The second-order valence-electron chi connectivity index (χ2n) is 5.44. The molecular weight excluding hydrogens is 335 g/mol. The van der Waals surface area contributed by atoms with E-state index in [9.17, 15) is 18.3 Å². The Morgan fingerprint density at radius 1 is 1.35 bits per heavy atom. The molecule has 2 aromatic heterocycles. The summed E-state index contributed by atoms with van der Waals surface area (Å²) in [5.41, 5.74) is -1.78. The highest BCUT2D eigenvalue weighted by atomic mass is 35.5. The van der Waals surface area contributed by atoms with Gasteiger partial charge in [-0.3, -0.25) is 0 Å². The van der Waals surface area contributed by atoms with E-state index in [1.54, 1.807) is 4.90 Å². The lowest BCUT2D eigenvalue weighted by Crippen LogP contribution is -2.47. The van der Waals surface area contributed by atoms with E-state index < -0.39 is 17.3 Å². The highest BCUT2D eigenvalue weighted by Crippen LogP contribution is 2.37. The number of hydrogen-bond acceptors (Lipinski definition) is 5. The summed E-state index contributed by atoms with van der Waals surface area (Å²) in [6.45, 7) is 0.649. The Balaban J connectivity index is 1.87. The standard InChI is InChI=1S/C13H13ClF3N5O/c14-9-4-8(13(15,16)17)5-18-11(9)22-3-1-2-12(23,7-22)10-6-19-21-20-10/h4-6,23H,1-3,7H2,(H,19,20,21)/t12-/m0/s1. The van der Waals surface area contributed by atoms with Gasteiger partial charge in [-0.2, -0.15) is 28.6 Å². The number of aromatic nitrogens is 4. The molecule has 3 heterocycles. The zero-order chi connectivity index (χ0) is 16.7. The number of rotatable bonds is 2. The van der Waals surface area contributed by atoms with Crippen LogP contribution in [-0.4, -0.2) is 38.6 Å². The molecule has 1 aliphatic rings. The van der Waals surface area contributed by atoms with E-state index in [-0.39, 0.29) is 17.4 Å². The minimum Gasteiger partial charge on any atom is -0.382 e. The van der Waals surface area contributed by atoms with Crippen LogP contribution < -0.4 is 4.90 Å². The van der Waals surface area contributed by atoms with Gasteiger partial charge < -0.3 is 10.0 Å². The Hall–Kier alpha value is -1.87. The smallest absolute Gasteiger partial charge is 0.382 e. The van der Waals surface area contributed by atoms with Crippen molar-refractivity contribution in [3.8, 4) is 0 Å². The molecule has 0 amide bonds. The fourth-order valence-electron chi connectivity index (χ4n) is 2.67. The third-order valence-electron chi connectivity index (χ3n) is 3.81. The van der Waals surface area contributed by atoms with Crippen molar-refractivity contribution in [3.05, 3.63) is 34.7 Å². The fraction of sp³-hybridized carbons (Fsp3) is 0.462. The predicted octanol–water partition coefficient (Wildman–Crippen LogP) is 2.36. The number of aromatic amines is 1. The van der Waals surface area contributed by atoms with E-state index in [0.717, 1.165) is 12.3 Å². The second kappa shape index (κ2) is 5.64. The minimum atomic E-state index is -4.50. The molecule has 0 unspecified atom stereocenters. The highest BCUT2D eigenvalue weighted by Gasteiger charge is 2.39. The van der Waals surface area contributed by atoms with Crippen LogP contribution in [0.2, 0.25) is 5.02 Å². The lowest BCUT2D eigenvalue weighted by atomic mass is 9.90. The number of halogens is 4. The Bertz CT molecular complexity index is 693. The van der Waals surface area contributed by atoms with Crippen LogP contribution in [0, 0.1) is 0 Å². The van der Waals surface area contributed by atoms with Crippen LogP contribution >= 0.6 is 11.6 Å². The molecule has 1 aliphatic heterocycles. The molecule has 0 aliphatic carbocycles. The normalized spacial score (nSPS) is 22.4. The largest absolute Gasteiger partial charge is 0.417 e. The number of pyridine rings is 1. The summed E-state index contributed by atoms with van der Waals surface area (Å²) in [5.74, 6) is 0.210. The molecule has 1 saturated heterocycles. The number of β-amino-alcohol motifs (C(OH)–C–C–N with tert-alkyl or cyclic N) is 1. The van der Waals surface area contributed by atoms with Crippen LogP contribution in [0.5, 0.6) is 0 Å². The molecule has 10 heteroatoms. The molecule has 0 saturated carbocycles. The fourth-order valence-corrected chi connectivity index (χ4v) is 2.96. The number of aliphatic hydroxyl groups is 1. The van der Waals surface area contributed by atoms with Gasteiger partial charge in [-0.05, 0) is 18.9 Å². The summed E-state index contributed by atoms with van der Waals surface area (Å²) in [4.78, 5) is 5.49. The minimum absolute atomic E-state index is 0.107. The quantitative estimate of drug-likeness (QED) is 0.872. The van der Waals surface area contributed by atoms with Crippen molar-refractivity contribution in [2.45, 2.75) is 24.6 Å². The first-order valence-corrected chi connectivity index (χ1v) is 7.24. The summed E-state index contributed by atoms with van der Waals surface area (Å²) in [7, 11) is 0. The van der Waals surface area contributed by atoms with Crippen LogP contribution in [0.15, 0.2) is 18.5 Å². The Morgan fingerprint density at radius 3 is 2.74 bits per heavy atom. The molecule has 124 valence electrons. The van der Waals surface area contributed by atoms with Gasteiger partial charge in [0, 0.05) is 12.7 Å². The first-order valence-electron chi connectivity index (χ1n) is 6.86. The van der Waals surface area contributed by atoms with Crippen molar-refractivity contribution in [2.24, 2.45) is 0 Å². The average molecular weight is 348 g/mol. The van der Waals surface area contributed by atoms with Crippen molar-refractivity contribution >= 4 is 17.4 Å². The van der Waals surface area contributed by atoms with Crippen molar-refractivity contribution in [3.63, 3.8) is 0 Å². The maximum absolute atomic E-state index is 12.7. The van der Waals surface area contributed by atoms with Crippen molar-refractivity contribution < 1.29 is 18.3 Å². The Labute approximate surface area is 134 Å². The molecule has 6 nitrogen and oxygen atoms in total. The molecule has 0 aromatic carbocycles. The lowest BCUT2D eigenvalue weighted by molar-refractivity contribution is -0.137. The maximum Gasteiger partial charge on any atom is 0.417 e. The highest BCUT2D eigenvalue weighted by molar-refractivity contribution is 6.33. The molecule has 23 heavy (non-hydrogen) atoms. The molecule has 1 atom stereocenters. The van der Waals surface area contributed by atoms with E-state index in [0.29, 0.717) is 25.1 Å². The van der Waals surface area contributed by atoms with E-state index in [1.807, 2.05) is 0 Å². The molecule has 1 fully saturated rings. The summed E-state index contributed by atoms with van der Waals surface area (Å²) in [6, 6.07) is 0.841. The average Bonchev–Trinajstić information content (AvgIpc) is 3.01. The van der Waals surface area contributed by atoms with Crippen LogP contribution in [0.4, 0.5) is 19.0 Å². The van der Waals surface area contributed by atoms with Crippen molar-refractivity contribution in [1.29, 1.82) is 0 Å². The van der Waals surface area contributed by atoms with Gasteiger partial charge in [0.25, 0.3) is 0 Å². The van der Waals surface area contributed by atoms with Gasteiger partial charge in [-0.1, -0.05) is 11.6 Å². The molecule has 3 rings (SSSR count). The summed E-state index contributed by atoms with van der Waals surface area (Å²) in [6.07, 6.45) is -1.26. The van der Waals surface area contributed by atoms with Crippen molar-refractivity contribution in [2.75, 3.05) is 18.0 Å². The number of nitrogens with one attached hydrogen (secondary N) is 1. The molecule has 0 bridgehead atoms. The first-order chi connectivity index (χ1) is 10.8. The van der Waals surface area contributed by atoms with Gasteiger partial charge in [-0.15, -0.1) is 0 Å². The number of anilines is 1. The number of piperidine rings is 1. The van der Waals surface area contributed by atoms with Crippen molar-refractivity contribution in [1.82, 2.24) is 20.4 Å². The van der Waals surface area contributed by atoms with Crippen LogP contribution in [0.1, 0.15) is 24.1 Å². The lowest BCUT2D eigenvalue weighted by Gasteiger charge is -2.38. The van der Waals surface area contributed by atoms with E-state index in [1.165, 1.54) is 6.20 Å². The SMILES string of the molecule is O[C@@]1(c2cn[nH]n2)CCCN(c2ncc(C(F)(F)F)cc2Cl)C1. The zero-order valence-corrected chi connectivity index (χ0v) is 12.6. The van der Waals surface area contributed by atoms with Gasteiger partial charge in [0.1, 0.15) is 17.1 Å². The van der Waals surface area contributed by atoms with Gasteiger partial charge in [0.2, 0.25) is 0 Å². The zero-order valence-electron chi connectivity index (χ0n) is 11.8. The second-order valence-corrected chi connectivity index (χ2v) is 5.85. The summed E-state index contributed by atoms with van der Waals surface area (Å²) >= 11 is 5.97. The maximum atomic E-state index is 12.7. The van der Waals surface area contributed by atoms with Gasteiger partial charge >= 0.3 is 6.18 Å². The van der Waals surface area contributed by atoms with E-state index >= 15 is 0 Å². The third-order valence-corrected chi connectivity index (χ3v) is 4.09. The number of H-pyrrole nitrogens is 1. The van der Waals surface area contributed by atoms with Gasteiger partial charge in [0.05, 0.1) is 23.3 Å². The van der Waals surface area contributed by atoms with Gasteiger partial charge in [-0.25, -0.2) is 4.98 Å². The number of nitrogens with zero attached hydrogens (tertiary/aromatic N) is 4. The Kier molecular flexibility index (Phi) is 3.93. The Morgan fingerprint density at radius 2 is 2.13 bits per heavy atom. The molecule has 0 spiro atoms. The topological polar surface area (TPSA) is 77.9 Å². The van der Waals surface area contributed by atoms with E-state index in [2.05, 4.69) is 20.4 Å². The molecule has 2 N–H and O–H groups in total. The predicted molar refractivity (Wildman–Crippen MR) is 76.0 cm³/mol. The summed E-state index contributed by atoms with van der Waals surface area (Å²) in [5, 5.41) is 20.6. The van der Waals surface area contributed by atoms with Gasteiger partial charge in [0.15, 0.2) is 0 Å². The molecule has 0 radical (unpaired) electrons. The third kappa shape index (κ3) is 3.11. The van der Waals surface area contributed by atoms with Crippen LogP contribution in [0.3, 0.4) is 0 Å². The molecular formula is C13H13ClF3N5O. The van der Waals surface area contributed by atoms with E-state index in [4.69, 9.17) is 11.6 Å². The number of alkyl halides is 3.